The Bertz CT molecular complexity index is 1020. The second-order valence-electron chi connectivity index (χ2n) is 5.42. The highest BCUT2D eigenvalue weighted by Crippen LogP contribution is 2.30. The third-order valence-corrected chi connectivity index (χ3v) is 6.28. The van der Waals surface area contributed by atoms with Crippen molar-refractivity contribution < 1.29 is 19.1 Å². The molecule has 0 spiro atoms. The van der Waals surface area contributed by atoms with Crippen LogP contribution < -0.4 is 20.1 Å². The van der Waals surface area contributed by atoms with Crippen molar-refractivity contribution in [3.8, 4) is 11.5 Å². The Kier molecular flexibility index (Phi) is 6.95. The topological polar surface area (TPSA) is 128 Å². The summed E-state index contributed by atoms with van der Waals surface area (Å²) < 4.78 is 14.7. The number of hydrogen-bond donors (Lipinski definition) is 2. The minimum Gasteiger partial charge on any atom is -0.493 e. The number of nitrogens with one attached hydrogen (secondary N) is 2. The van der Waals surface area contributed by atoms with Crippen LogP contribution in [0.4, 0.5) is 10.8 Å². The van der Waals surface area contributed by atoms with E-state index in [4.69, 9.17) is 9.47 Å². The molecule has 3 aromatic rings. The van der Waals surface area contributed by atoms with E-state index in [0.717, 1.165) is 11.5 Å². The molecule has 2 heterocycles. The summed E-state index contributed by atoms with van der Waals surface area (Å²) in [6.07, 6.45) is 0. The fourth-order valence-corrected chi connectivity index (χ4v) is 4.25. The fraction of sp³-hybridized carbons (Fsp3) is 0.250. The molecule has 0 fully saturated rings. The highest BCUT2D eigenvalue weighted by Gasteiger charge is 2.16. The number of methoxy groups -OCH3 is 2. The number of benzene rings is 1. The molecule has 2 N–H and O–H groups in total. The first kappa shape index (κ1) is 21.0. The number of thioether (sulfide) groups is 1. The number of carbonyl (C=O) groups is 2. The van der Waals surface area contributed by atoms with Crippen molar-refractivity contribution in [3.63, 3.8) is 0 Å². The average Bonchev–Trinajstić information content (AvgIpc) is 3.34. The van der Waals surface area contributed by atoms with Gasteiger partial charge in [0.05, 0.1) is 25.7 Å². The van der Waals surface area contributed by atoms with E-state index in [2.05, 4.69) is 30.4 Å². The Labute approximate surface area is 178 Å². The van der Waals surface area contributed by atoms with Crippen LogP contribution in [0.25, 0.3) is 0 Å². The normalized spacial score (nSPS) is 10.4. The van der Waals surface area contributed by atoms with E-state index >= 15 is 0 Å². The summed E-state index contributed by atoms with van der Waals surface area (Å²) in [7, 11) is 3.07. The number of rotatable bonds is 8. The standard InChI is InChI=1S/C16H16N6O4S3/c1-8-13(29-22-19-8)14(24)18-15-20-21-16(28-15)27-7-12(23)17-9-4-5-10(25-2)11(6-9)26-3/h4-6H,7H2,1-3H3,(H,17,23)(H,18,20,24). The number of aryl methyl sites for hydroxylation is 1. The van der Waals surface area contributed by atoms with Crippen LogP contribution >= 0.6 is 34.6 Å². The van der Waals surface area contributed by atoms with Crippen LogP contribution in [0.2, 0.25) is 0 Å². The number of nitrogens with zero attached hydrogens (tertiary/aromatic N) is 4. The third kappa shape index (κ3) is 5.40. The summed E-state index contributed by atoms with van der Waals surface area (Å²) in [4.78, 5) is 24.7. The summed E-state index contributed by atoms with van der Waals surface area (Å²) in [5.41, 5.74) is 1.14. The Hall–Kier alpha value is -2.77. The third-order valence-electron chi connectivity index (χ3n) is 3.48. The lowest BCUT2D eigenvalue weighted by molar-refractivity contribution is -0.113. The van der Waals surface area contributed by atoms with Gasteiger partial charge in [-0.15, -0.1) is 15.3 Å². The zero-order valence-corrected chi connectivity index (χ0v) is 18.0. The van der Waals surface area contributed by atoms with Gasteiger partial charge in [0.1, 0.15) is 4.88 Å². The van der Waals surface area contributed by atoms with Crippen LogP contribution in [-0.4, -0.2) is 51.6 Å². The first-order valence-electron chi connectivity index (χ1n) is 8.08. The number of anilines is 2. The molecule has 3 rings (SSSR count). The van der Waals surface area contributed by atoms with E-state index in [1.807, 2.05) is 0 Å². The Morgan fingerprint density at radius 1 is 1.10 bits per heavy atom. The molecule has 2 amide bonds. The first-order valence-corrected chi connectivity index (χ1v) is 10.7. The number of aromatic nitrogens is 4. The summed E-state index contributed by atoms with van der Waals surface area (Å²) >= 11 is 3.41. The van der Waals surface area contributed by atoms with Crippen LogP contribution in [-0.2, 0) is 4.79 Å². The van der Waals surface area contributed by atoms with Crippen LogP contribution in [0.1, 0.15) is 15.4 Å². The van der Waals surface area contributed by atoms with Gasteiger partial charge in [-0.25, -0.2) is 0 Å². The van der Waals surface area contributed by atoms with E-state index in [-0.39, 0.29) is 17.6 Å². The first-order chi connectivity index (χ1) is 14.0. The molecule has 0 aliphatic heterocycles. The Balaban J connectivity index is 1.52. The van der Waals surface area contributed by atoms with Crippen molar-refractivity contribution in [1.29, 1.82) is 0 Å². The predicted octanol–water partition coefficient (Wildman–Crippen LogP) is 2.70. The lowest BCUT2D eigenvalue weighted by Gasteiger charge is -2.10. The van der Waals surface area contributed by atoms with Crippen molar-refractivity contribution in [2.45, 2.75) is 11.3 Å². The number of carbonyl (C=O) groups excluding carboxylic acids is 2. The van der Waals surface area contributed by atoms with Gasteiger partial charge in [0.2, 0.25) is 11.0 Å². The minimum absolute atomic E-state index is 0.134. The second-order valence-corrected chi connectivity index (χ2v) is 8.38. The molecule has 29 heavy (non-hydrogen) atoms. The number of amides is 2. The zero-order chi connectivity index (χ0) is 20.8. The van der Waals surface area contributed by atoms with Crippen molar-refractivity contribution in [2.24, 2.45) is 0 Å². The molecular formula is C16H16N6O4S3. The lowest BCUT2D eigenvalue weighted by atomic mass is 10.2. The van der Waals surface area contributed by atoms with Gasteiger partial charge in [-0.05, 0) is 30.6 Å². The monoisotopic (exact) mass is 452 g/mol. The van der Waals surface area contributed by atoms with Gasteiger partial charge in [-0.2, -0.15) is 0 Å². The molecule has 0 atom stereocenters. The predicted molar refractivity (Wildman–Crippen MR) is 111 cm³/mol. The smallest absolute Gasteiger partial charge is 0.271 e. The van der Waals surface area contributed by atoms with Gasteiger partial charge in [0.15, 0.2) is 15.8 Å². The van der Waals surface area contributed by atoms with Gasteiger partial charge >= 0.3 is 0 Å². The van der Waals surface area contributed by atoms with E-state index < -0.39 is 0 Å². The Morgan fingerprint density at radius 2 is 1.90 bits per heavy atom. The fourth-order valence-electron chi connectivity index (χ4n) is 2.15. The van der Waals surface area contributed by atoms with Crippen molar-refractivity contribution in [3.05, 3.63) is 28.8 Å². The zero-order valence-electron chi connectivity index (χ0n) is 15.6. The average molecular weight is 453 g/mol. The SMILES string of the molecule is COc1ccc(NC(=O)CSc2nnc(NC(=O)c3snnc3C)s2)cc1OC. The summed E-state index contributed by atoms with van der Waals surface area (Å²) in [5, 5.41) is 17.5. The van der Waals surface area contributed by atoms with Crippen LogP contribution in [0, 0.1) is 6.92 Å². The van der Waals surface area contributed by atoms with Gasteiger partial charge < -0.3 is 14.8 Å². The summed E-state index contributed by atoms with van der Waals surface area (Å²) in [6, 6.07) is 5.11. The summed E-state index contributed by atoms with van der Waals surface area (Å²) in [5.74, 6) is 0.682. The van der Waals surface area contributed by atoms with E-state index in [1.165, 1.54) is 30.2 Å². The largest absolute Gasteiger partial charge is 0.493 e. The molecule has 0 radical (unpaired) electrons. The Morgan fingerprint density at radius 3 is 2.59 bits per heavy atom. The van der Waals surface area contributed by atoms with Crippen molar-refractivity contribution in [1.82, 2.24) is 19.8 Å². The van der Waals surface area contributed by atoms with Gasteiger partial charge in [0.25, 0.3) is 5.91 Å². The molecule has 0 saturated carbocycles. The van der Waals surface area contributed by atoms with E-state index in [9.17, 15) is 9.59 Å². The van der Waals surface area contributed by atoms with Gasteiger partial charge in [0, 0.05) is 11.8 Å². The number of hydrogen-bond acceptors (Lipinski definition) is 11. The van der Waals surface area contributed by atoms with Crippen molar-refractivity contribution >= 4 is 57.3 Å². The minimum atomic E-state index is -0.337. The second kappa shape index (κ2) is 9.62. The van der Waals surface area contributed by atoms with Crippen molar-refractivity contribution in [2.75, 3.05) is 30.6 Å². The molecule has 0 saturated heterocycles. The molecule has 13 heteroatoms. The molecular weight excluding hydrogens is 436 g/mol. The molecule has 0 unspecified atom stereocenters. The quantitative estimate of drug-likeness (QED) is 0.391. The molecule has 0 aliphatic carbocycles. The molecule has 152 valence electrons. The maximum Gasteiger partial charge on any atom is 0.271 e. The van der Waals surface area contributed by atoms with E-state index in [1.54, 1.807) is 32.2 Å². The molecule has 10 nitrogen and oxygen atoms in total. The molecule has 0 bridgehead atoms. The lowest BCUT2D eigenvalue weighted by Crippen LogP contribution is -2.14. The highest BCUT2D eigenvalue weighted by atomic mass is 32.2. The summed E-state index contributed by atoms with van der Waals surface area (Å²) in [6.45, 7) is 1.71. The highest BCUT2D eigenvalue weighted by molar-refractivity contribution is 8.01. The van der Waals surface area contributed by atoms with Gasteiger partial charge in [-0.1, -0.05) is 27.6 Å². The van der Waals surface area contributed by atoms with Crippen LogP contribution in [0.15, 0.2) is 22.5 Å². The maximum absolute atomic E-state index is 12.2. The van der Waals surface area contributed by atoms with E-state index in [0.29, 0.717) is 37.2 Å². The molecule has 1 aromatic carbocycles. The molecule has 2 aromatic heterocycles. The van der Waals surface area contributed by atoms with Crippen LogP contribution in [0.3, 0.4) is 0 Å². The van der Waals surface area contributed by atoms with Crippen LogP contribution in [0.5, 0.6) is 11.5 Å². The number of ether oxygens (including phenoxy) is 2. The van der Waals surface area contributed by atoms with Gasteiger partial charge in [-0.3, -0.25) is 14.9 Å². The maximum atomic E-state index is 12.2. The molecule has 0 aliphatic rings.